The first-order valence-electron chi connectivity index (χ1n) is 13.3. The number of rotatable bonds is 10. The van der Waals surface area contributed by atoms with Gasteiger partial charge in [0.25, 0.3) is 5.91 Å². The third-order valence-electron chi connectivity index (χ3n) is 6.93. The Balaban J connectivity index is 0.000000587. The number of hydrogen-bond donors (Lipinski definition) is 4. The lowest BCUT2D eigenvalue weighted by atomic mass is 9.89. The number of thiophene rings is 1. The largest absolute Gasteiger partial charge is 0.490 e. The summed E-state index contributed by atoms with van der Waals surface area (Å²) in [7, 11) is -3.16. The van der Waals surface area contributed by atoms with Crippen LogP contribution in [0.4, 0.5) is 13.2 Å². The highest BCUT2D eigenvalue weighted by molar-refractivity contribution is 7.89. The molecule has 3 heterocycles. The maximum Gasteiger partial charge on any atom is 0.490 e. The van der Waals surface area contributed by atoms with Crippen LogP contribution in [-0.4, -0.2) is 66.3 Å². The van der Waals surface area contributed by atoms with Gasteiger partial charge in [0.15, 0.2) is 0 Å². The zero-order valence-electron chi connectivity index (χ0n) is 22.9. The Kier molecular flexibility index (Phi) is 11.0. The number of primary amides is 1. The van der Waals surface area contributed by atoms with Crippen molar-refractivity contribution in [3.05, 3.63) is 46.5 Å². The minimum Gasteiger partial charge on any atom is -0.475 e. The van der Waals surface area contributed by atoms with E-state index in [1.807, 2.05) is 12.3 Å². The van der Waals surface area contributed by atoms with Crippen LogP contribution in [-0.2, 0) is 21.4 Å². The molecule has 9 nitrogen and oxygen atoms in total. The number of aliphatic carboxylic acids is 1. The number of carbonyl (C=O) groups excluding carboxylic acids is 1. The molecule has 1 aliphatic rings. The first-order valence-corrected chi connectivity index (χ1v) is 15.7. The predicted molar refractivity (Wildman–Crippen MR) is 153 cm³/mol. The number of sulfonamides is 1. The number of aromatic amines is 1. The van der Waals surface area contributed by atoms with Crippen LogP contribution in [0.1, 0.15) is 66.2 Å². The highest BCUT2D eigenvalue weighted by Crippen LogP contribution is 2.38. The van der Waals surface area contributed by atoms with Gasteiger partial charge in [-0.2, -0.15) is 13.2 Å². The number of benzene rings is 1. The molecular weight excluding hydrogens is 581 g/mol. The zero-order valence-corrected chi connectivity index (χ0v) is 24.5. The molecule has 1 saturated heterocycles. The quantitative estimate of drug-likeness (QED) is 0.235. The van der Waals surface area contributed by atoms with Crippen molar-refractivity contribution in [2.45, 2.75) is 58.2 Å². The number of fused-ring (bicyclic) bond motifs is 1. The number of nitrogens with two attached hydrogens (primary N) is 1. The molecular formula is C27H35F3N4O5S2. The van der Waals surface area contributed by atoms with Crippen molar-refractivity contribution in [1.82, 2.24) is 14.6 Å². The average molecular weight is 617 g/mol. The van der Waals surface area contributed by atoms with Crippen LogP contribution in [0.2, 0.25) is 0 Å². The van der Waals surface area contributed by atoms with Crippen LogP contribution in [0.25, 0.3) is 21.3 Å². The van der Waals surface area contributed by atoms with E-state index in [1.54, 1.807) is 22.6 Å². The molecule has 0 unspecified atom stereocenters. The van der Waals surface area contributed by atoms with E-state index in [0.717, 1.165) is 59.3 Å². The van der Waals surface area contributed by atoms with E-state index in [1.165, 1.54) is 11.3 Å². The number of unbranched alkanes of at least 4 members (excludes halogenated alkanes) is 1. The number of alkyl halides is 3. The summed E-state index contributed by atoms with van der Waals surface area (Å²) in [5.41, 5.74) is 9.12. The topological polar surface area (TPSA) is 146 Å². The molecule has 0 radical (unpaired) electrons. The molecule has 0 bridgehead atoms. The number of hydrogen-bond acceptors (Lipinski definition) is 6. The van der Waals surface area contributed by atoms with Gasteiger partial charge in [-0.3, -0.25) is 4.79 Å². The van der Waals surface area contributed by atoms with E-state index >= 15 is 0 Å². The summed E-state index contributed by atoms with van der Waals surface area (Å²) in [4.78, 5) is 26.8. The Morgan fingerprint density at radius 1 is 1.20 bits per heavy atom. The lowest BCUT2D eigenvalue weighted by Gasteiger charge is -2.31. The van der Waals surface area contributed by atoms with Crippen molar-refractivity contribution in [3.8, 4) is 10.4 Å². The van der Waals surface area contributed by atoms with Gasteiger partial charge >= 0.3 is 12.1 Å². The normalized spacial score (nSPS) is 15.0. The molecule has 226 valence electrons. The molecule has 4 rings (SSSR count). The summed E-state index contributed by atoms with van der Waals surface area (Å²) >= 11 is 1.72. The van der Waals surface area contributed by atoms with E-state index < -0.39 is 28.1 Å². The number of piperidine rings is 1. The second-order valence-corrected chi connectivity index (χ2v) is 13.2. The van der Waals surface area contributed by atoms with Gasteiger partial charge < -0.3 is 21.1 Å². The monoisotopic (exact) mass is 616 g/mol. The van der Waals surface area contributed by atoms with E-state index in [9.17, 15) is 26.4 Å². The Morgan fingerprint density at radius 2 is 1.85 bits per heavy atom. The predicted octanol–water partition coefficient (Wildman–Crippen LogP) is 5.05. The van der Waals surface area contributed by atoms with Crippen molar-refractivity contribution in [1.29, 1.82) is 0 Å². The van der Waals surface area contributed by atoms with Crippen molar-refractivity contribution >= 4 is 44.1 Å². The number of carbonyl (C=O) groups is 2. The number of amides is 1. The Bertz CT molecular complexity index is 1460. The summed E-state index contributed by atoms with van der Waals surface area (Å²) < 4.78 is 57.8. The van der Waals surface area contributed by atoms with Gasteiger partial charge in [0.05, 0.1) is 16.8 Å². The van der Waals surface area contributed by atoms with E-state index in [0.29, 0.717) is 18.7 Å². The smallest absolute Gasteiger partial charge is 0.475 e. The highest BCUT2D eigenvalue weighted by atomic mass is 32.2. The maximum atomic E-state index is 12.3. The van der Waals surface area contributed by atoms with Crippen LogP contribution in [0, 0.1) is 0 Å². The number of halogens is 3. The summed E-state index contributed by atoms with van der Waals surface area (Å²) in [6.07, 6.45) is 0.734. The summed E-state index contributed by atoms with van der Waals surface area (Å²) in [5.74, 6) is -2.85. The number of H-pyrrole nitrogens is 1. The van der Waals surface area contributed by atoms with E-state index in [2.05, 4.69) is 35.4 Å². The van der Waals surface area contributed by atoms with Crippen molar-refractivity contribution in [3.63, 3.8) is 0 Å². The Labute approximate surface area is 241 Å². The molecule has 5 N–H and O–H groups in total. The minimum atomic E-state index is -5.08. The number of nitrogens with zero attached hydrogens (tertiary/aromatic N) is 1. The summed E-state index contributed by atoms with van der Waals surface area (Å²) in [5, 5.41) is 11.6. The molecule has 1 aromatic carbocycles. The molecule has 14 heteroatoms. The molecule has 1 fully saturated rings. The van der Waals surface area contributed by atoms with Crippen molar-refractivity contribution < 1.29 is 36.3 Å². The SMILES string of the molecule is CCCCNCc1ccc(-c2cc(C(N)=O)c3[nH]cc(C4CCN(S(=O)(=O)CC)CC4)c3c2)s1.O=C(O)C(F)(F)F. The third-order valence-corrected chi connectivity index (χ3v) is 9.95. The zero-order chi connectivity index (χ0) is 30.4. The van der Waals surface area contributed by atoms with Crippen LogP contribution in [0.5, 0.6) is 0 Å². The molecule has 41 heavy (non-hydrogen) atoms. The van der Waals surface area contributed by atoms with Gasteiger partial charge in [-0.1, -0.05) is 13.3 Å². The number of carboxylic acid groups (broad SMARTS) is 1. The molecule has 1 aliphatic heterocycles. The lowest BCUT2D eigenvalue weighted by Crippen LogP contribution is -2.38. The van der Waals surface area contributed by atoms with Gasteiger partial charge in [-0.25, -0.2) is 17.5 Å². The van der Waals surface area contributed by atoms with E-state index in [-0.39, 0.29) is 11.7 Å². The first-order chi connectivity index (χ1) is 19.3. The second-order valence-electron chi connectivity index (χ2n) is 9.73. The van der Waals surface area contributed by atoms with Crippen LogP contribution < -0.4 is 11.1 Å². The fraction of sp³-hybridized carbons (Fsp3) is 0.481. The van der Waals surface area contributed by atoms with Crippen LogP contribution >= 0.6 is 11.3 Å². The molecule has 3 aromatic rings. The molecule has 2 aromatic heterocycles. The maximum absolute atomic E-state index is 12.3. The lowest BCUT2D eigenvalue weighted by molar-refractivity contribution is -0.192. The molecule has 0 spiro atoms. The van der Waals surface area contributed by atoms with Gasteiger partial charge in [0.1, 0.15) is 0 Å². The van der Waals surface area contributed by atoms with Crippen LogP contribution in [0.3, 0.4) is 0 Å². The van der Waals surface area contributed by atoms with E-state index in [4.69, 9.17) is 15.6 Å². The standard InChI is InChI=1S/C25H34N4O3S2.C2HF3O2/c1-3-5-10-27-15-19-6-7-23(33-19)18-13-20-22(16-28-24(20)21(14-18)25(26)30)17-8-11-29(12-9-17)34(31,32)4-2;3-2(4,5)1(6)7/h6-7,13-14,16-17,27-28H,3-5,8-12,15H2,1-2H3,(H2,26,30);(H,6,7). The molecule has 0 aliphatic carbocycles. The number of nitrogens with one attached hydrogen (secondary N) is 2. The molecule has 1 amide bonds. The van der Waals surface area contributed by atoms with Gasteiger partial charge in [-0.05, 0) is 74.0 Å². The summed E-state index contributed by atoms with van der Waals surface area (Å²) in [6, 6.07) is 8.26. The van der Waals surface area contributed by atoms with Gasteiger partial charge in [-0.15, -0.1) is 11.3 Å². The Morgan fingerprint density at radius 3 is 2.41 bits per heavy atom. The van der Waals surface area contributed by atoms with Crippen molar-refractivity contribution in [2.75, 3.05) is 25.4 Å². The second kappa shape index (κ2) is 13.8. The number of aromatic nitrogens is 1. The first kappa shape index (κ1) is 32.6. The summed E-state index contributed by atoms with van der Waals surface area (Å²) in [6.45, 7) is 6.76. The fourth-order valence-electron chi connectivity index (χ4n) is 4.70. The molecule has 0 saturated carbocycles. The average Bonchev–Trinajstić information content (AvgIpc) is 3.58. The highest BCUT2D eigenvalue weighted by Gasteiger charge is 2.38. The van der Waals surface area contributed by atoms with Gasteiger partial charge in [0, 0.05) is 41.0 Å². The fourth-order valence-corrected chi connectivity index (χ4v) is 6.79. The minimum absolute atomic E-state index is 0.132. The third kappa shape index (κ3) is 8.31. The molecule has 0 atom stereocenters. The Hall–Kier alpha value is -2.94. The van der Waals surface area contributed by atoms with Gasteiger partial charge in [0.2, 0.25) is 10.0 Å². The van der Waals surface area contributed by atoms with Crippen LogP contribution in [0.15, 0.2) is 30.5 Å². The van der Waals surface area contributed by atoms with Crippen molar-refractivity contribution in [2.24, 2.45) is 5.73 Å². The number of carboxylic acids is 1.